The average molecular weight is 343 g/mol. The fourth-order valence-electron chi connectivity index (χ4n) is 1.60. The molecule has 0 saturated heterocycles. The highest BCUT2D eigenvalue weighted by Gasteiger charge is 2.45. The first-order valence-corrected chi connectivity index (χ1v) is 7.04. The monoisotopic (exact) mass is 343 g/mol. The molecule has 7 nitrogen and oxygen atoms in total. The number of ether oxygens (including phenoxy) is 1. The lowest BCUT2D eigenvalue weighted by molar-refractivity contribution is -0.136. The Bertz CT molecular complexity index is 598. The van der Waals surface area contributed by atoms with Gasteiger partial charge in [0.05, 0.1) is 0 Å². The molecule has 0 aliphatic carbocycles. The molecule has 0 radical (unpaired) electrons. The van der Waals surface area contributed by atoms with Crippen LogP contribution < -0.4 is 16.4 Å². The number of carbonyl (C=O) groups excluding carboxylic acids is 3. The van der Waals surface area contributed by atoms with Crippen molar-refractivity contribution < 1.29 is 27.9 Å². The molecule has 0 heterocycles. The SMILES string of the molecule is C[C@H](NC(=O)[C@@](C)(NC(=O)OCc1ccccc1)C(F)F)C(N)=O. The summed E-state index contributed by atoms with van der Waals surface area (Å²) < 4.78 is 31.3. The molecule has 0 aliphatic heterocycles. The Morgan fingerprint density at radius 3 is 2.33 bits per heavy atom. The lowest BCUT2D eigenvalue weighted by Crippen LogP contribution is -2.63. The van der Waals surface area contributed by atoms with E-state index in [0.29, 0.717) is 5.56 Å². The van der Waals surface area contributed by atoms with Gasteiger partial charge in [0.15, 0.2) is 5.54 Å². The van der Waals surface area contributed by atoms with Crippen molar-refractivity contribution in [2.45, 2.75) is 38.5 Å². The highest BCUT2D eigenvalue weighted by atomic mass is 19.3. The van der Waals surface area contributed by atoms with Crippen LogP contribution in [0.15, 0.2) is 30.3 Å². The first kappa shape index (κ1) is 19.3. The molecule has 2 atom stereocenters. The lowest BCUT2D eigenvalue weighted by Gasteiger charge is -2.29. The number of amides is 3. The van der Waals surface area contributed by atoms with Gasteiger partial charge in [-0.15, -0.1) is 0 Å². The van der Waals surface area contributed by atoms with Gasteiger partial charge in [0.25, 0.3) is 12.3 Å². The smallest absolute Gasteiger partial charge is 0.408 e. The average Bonchev–Trinajstić information content (AvgIpc) is 2.53. The van der Waals surface area contributed by atoms with Crippen LogP contribution in [0.4, 0.5) is 13.6 Å². The maximum absolute atomic E-state index is 13.3. The zero-order chi connectivity index (χ0) is 18.3. The number of benzene rings is 1. The minimum atomic E-state index is -3.23. The first-order valence-electron chi connectivity index (χ1n) is 7.04. The molecule has 0 fully saturated rings. The van der Waals surface area contributed by atoms with Crippen molar-refractivity contribution in [1.82, 2.24) is 10.6 Å². The maximum Gasteiger partial charge on any atom is 0.408 e. The number of carbonyl (C=O) groups is 3. The second kappa shape index (κ2) is 8.23. The van der Waals surface area contributed by atoms with Crippen molar-refractivity contribution in [2.24, 2.45) is 5.73 Å². The summed E-state index contributed by atoms with van der Waals surface area (Å²) in [6.45, 7) is 1.91. The number of rotatable bonds is 7. The van der Waals surface area contributed by atoms with E-state index in [9.17, 15) is 23.2 Å². The van der Waals surface area contributed by atoms with Crippen LogP contribution >= 0.6 is 0 Å². The van der Waals surface area contributed by atoms with E-state index in [1.165, 1.54) is 6.92 Å². The van der Waals surface area contributed by atoms with E-state index in [4.69, 9.17) is 10.5 Å². The van der Waals surface area contributed by atoms with Gasteiger partial charge in [-0.25, -0.2) is 13.6 Å². The number of hydrogen-bond donors (Lipinski definition) is 3. The zero-order valence-corrected chi connectivity index (χ0v) is 13.2. The Morgan fingerprint density at radius 1 is 1.25 bits per heavy atom. The Balaban J connectivity index is 2.71. The molecule has 3 amide bonds. The summed E-state index contributed by atoms with van der Waals surface area (Å²) in [6, 6.07) is 7.40. The highest BCUT2D eigenvalue weighted by Crippen LogP contribution is 2.16. The lowest BCUT2D eigenvalue weighted by atomic mass is 10.0. The van der Waals surface area contributed by atoms with Crippen LogP contribution in [-0.4, -0.2) is 35.9 Å². The molecule has 9 heteroatoms. The largest absolute Gasteiger partial charge is 0.445 e. The van der Waals surface area contributed by atoms with Gasteiger partial charge < -0.3 is 21.1 Å². The van der Waals surface area contributed by atoms with Crippen LogP contribution in [0.5, 0.6) is 0 Å². The van der Waals surface area contributed by atoms with E-state index >= 15 is 0 Å². The summed E-state index contributed by atoms with van der Waals surface area (Å²) in [5, 5.41) is 3.85. The first-order chi connectivity index (χ1) is 11.2. The van der Waals surface area contributed by atoms with E-state index in [1.807, 2.05) is 10.6 Å². The Kier molecular flexibility index (Phi) is 6.63. The van der Waals surface area contributed by atoms with Gasteiger partial charge in [-0.3, -0.25) is 9.59 Å². The summed E-state index contributed by atoms with van der Waals surface area (Å²) in [6.07, 6.45) is -4.43. The summed E-state index contributed by atoms with van der Waals surface area (Å²) >= 11 is 0. The van der Waals surface area contributed by atoms with Crippen molar-refractivity contribution in [3.8, 4) is 0 Å². The number of hydrogen-bond acceptors (Lipinski definition) is 4. The third kappa shape index (κ3) is 5.18. The van der Waals surface area contributed by atoms with Gasteiger partial charge in [-0.2, -0.15) is 0 Å². The fourth-order valence-corrected chi connectivity index (χ4v) is 1.60. The summed E-state index contributed by atoms with van der Waals surface area (Å²) in [7, 11) is 0. The van der Waals surface area contributed by atoms with Crippen LogP contribution in [-0.2, 0) is 20.9 Å². The predicted octanol–water partition coefficient (Wildman–Crippen LogP) is 0.927. The van der Waals surface area contributed by atoms with Gasteiger partial charge in [-0.05, 0) is 19.4 Å². The zero-order valence-electron chi connectivity index (χ0n) is 13.2. The van der Waals surface area contributed by atoms with Crippen molar-refractivity contribution in [3.05, 3.63) is 35.9 Å². The molecule has 24 heavy (non-hydrogen) atoms. The molecule has 1 rings (SSSR count). The van der Waals surface area contributed by atoms with E-state index < -0.39 is 35.9 Å². The van der Waals surface area contributed by atoms with E-state index in [0.717, 1.165) is 6.92 Å². The van der Waals surface area contributed by atoms with Crippen LogP contribution in [0.3, 0.4) is 0 Å². The second-order valence-electron chi connectivity index (χ2n) is 5.29. The van der Waals surface area contributed by atoms with Gasteiger partial charge in [0.1, 0.15) is 12.6 Å². The van der Waals surface area contributed by atoms with E-state index in [2.05, 4.69) is 0 Å². The van der Waals surface area contributed by atoms with Crippen molar-refractivity contribution in [3.63, 3.8) is 0 Å². The molecule has 0 unspecified atom stereocenters. The number of alkyl halides is 2. The van der Waals surface area contributed by atoms with Crippen molar-refractivity contribution >= 4 is 17.9 Å². The normalized spacial score (nSPS) is 14.4. The fraction of sp³-hybridized carbons (Fsp3) is 0.400. The quantitative estimate of drug-likeness (QED) is 0.684. The predicted molar refractivity (Wildman–Crippen MR) is 81.0 cm³/mol. The molecule has 0 bridgehead atoms. The number of nitrogens with two attached hydrogens (primary N) is 1. The van der Waals surface area contributed by atoms with Crippen molar-refractivity contribution in [2.75, 3.05) is 0 Å². The molecule has 1 aromatic rings. The molecule has 132 valence electrons. The number of primary amides is 1. The maximum atomic E-state index is 13.3. The van der Waals surface area contributed by atoms with Gasteiger partial charge in [0.2, 0.25) is 5.91 Å². The third-order valence-electron chi connectivity index (χ3n) is 3.26. The van der Waals surface area contributed by atoms with Gasteiger partial charge >= 0.3 is 6.09 Å². The van der Waals surface area contributed by atoms with Crippen LogP contribution in [0, 0.1) is 0 Å². The molecule has 0 saturated carbocycles. The molecule has 4 N–H and O–H groups in total. The summed E-state index contributed by atoms with van der Waals surface area (Å²) in [4.78, 5) is 34.6. The molecule has 0 aromatic heterocycles. The third-order valence-corrected chi connectivity index (χ3v) is 3.26. The second-order valence-corrected chi connectivity index (χ2v) is 5.29. The minimum absolute atomic E-state index is 0.148. The number of alkyl carbamates (subject to hydrolysis) is 1. The molecular weight excluding hydrogens is 324 g/mol. The number of halogens is 2. The minimum Gasteiger partial charge on any atom is -0.445 e. The van der Waals surface area contributed by atoms with E-state index in [1.54, 1.807) is 30.3 Å². The molecule has 0 spiro atoms. The standard InChI is InChI=1S/C15H19F2N3O4/c1-9(11(18)21)19-13(22)15(2,12(16)17)20-14(23)24-8-10-6-4-3-5-7-10/h3-7,9,12H,8H2,1-2H3,(H2,18,21)(H,19,22)(H,20,23)/t9-,15-/m0/s1. The van der Waals surface area contributed by atoms with Gasteiger partial charge in [0, 0.05) is 0 Å². The van der Waals surface area contributed by atoms with E-state index in [-0.39, 0.29) is 6.61 Å². The summed E-state index contributed by atoms with van der Waals surface area (Å²) in [5.41, 5.74) is 3.04. The van der Waals surface area contributed by atoms with Crippen LogP contribution in [0.25, 0.3) is 0 Å². The van der Waals surface area contributed by atoms with Crippen LogP contribution in [0.2, 0.25) is 0 Å². The van der Waals surface area contributed by atoms with Crippen molar-refractivity contribution in [1.29, 1.82) is 0 Å². The molecule has 1 aromatic carbocycles. The Labute approximate surface area is 137 Å². The molecule has 0 aliphatic rings. The Morgan fingerprint density at radius 2 is 1.83 bits per heavy atom. The topological polar surface area (TPSA) is 111 Å². The molecular formula is C15H19F2N3O4. The Hall–Kier alpha value is -2.71. The number of nitrogens with one attached hydrogen (secondary N) is 2. The summed E-state index contributed by atoms with van der Waals surface area (Å²) in [5.74, 6) is -2.15. The van der Waals surface area contributed by atoms with Crippen LogP contribution in [0.1, 0.15) is 19.4 Å². The van der Waals surface area contributed by atoms with Gasteiger partial charge in [-0.1, -0.05) is 30.3 Å². The highest BCUT2D eigenvalue weighted by molar-refractivity contribution is 5.93.